The minimum Gasteiger partial charge on any atom is -0.381 e. The molecule has 0 aromatic carbocycles. The highest BCUT2D eigenvalue weighted by molar-refractivity contribution is 6.05. The minimum absolute atomic E-state index is 0.0560. The van der Waals surface area contributed by atoms with Crippen LogP contribution >= 0.6 is 0 Å². The van der Waals surface area contributed by atoms with Crippen LogP contribution in [0, 0.1) is 5.92 Å². The van der Waals surface area contributed by atoms with Crippen molar-refractivity contribution in [1.29, 1.82) is 0 Å². The van der Waals surface area contributed by atoms with Crippen molar-refractivity contribution < 1.29 is 9.53 Å². The molecule has 2 aromatic rings. The Hall–Kier alpha value is -1.95. The van der Waals surface area contributed by atoms with E-state index in [1.54, 1.807) is 6.20 Å². The standard InChI is InChI=1S/C18H26N4O2/c1-11(2)16-7-14(18(23)19-8-13-5-6-24-10-13)15-9-20-22(12(3)4)17(15)21-16/h7,9,11-13H,5-6,8,10H2,1-4H3,(H,19,23)/t13-/m0/s1. The zero-order valence-corrected chi connectivity index (χ0v) is 14.9. The highest BCUT2D eigenvalue weighted by Gasteiger charge is 2.21. The van der Waals surface area contributed by atoms with Gasteiger partial charge in [0.2, 0.25) is 0 Å². The summed E-state index contributed by atoms with van der Waals surface area (Å²) in [7, 11) is 0. The molecule has 0 unspecified atom stereocenters. The van der Waals surface area contributed by atoms with Crippen LogP contribution in [-0.4, -0.2) is 40.4 Å². The fourth-order valence-corrected chi connectivity index (χ4v) is 2.98. The molecule has 6 heteroatoms. The van der Waals surface area contributed by atoms with E-state index in [-0.39, 0.29) is 17.9 Å². The average molecular weight is 330 g/mol. The summed E-state index contributed by atoms with van der Waals surface area (Å²) in [6.07, 6.45) is 2.76. The quantitative estimate of drug-likeness (QED) is 0.915. The minimum atomic E-state index is -0.0560. The third kappa shape index (κ3) is 3.29. The van der Waals surface area contributed by atoms with Crippen LogP contribution in [-0.2, 0) is 4.74 Å². The van der Waals surface area contributed by atoms with Crippen LogP contribution in [0.5, 0.6) is 0 Å². The lowest BCUT2D eigenvalue weighted by Gasteiger charge is -2.13. The van der Waals surface area contributed by atoms with Gasteiger partial charge >= 0.3 is 0 Å². The molecule has 1 aliphatic rings. The molecule has 0 aliphatic carbocycles. The zero-order chi connectivity index (χ0) is 17.3. The van der Waals surface area contributed by atoms with Gasteiger partial charge in [0, 0.05) is 30.8 Å². The van der Waals surface area contributed by atoms with Gasteiger partial charge in [-0.3, -0.25) is 4.79 Å². The molecule has 130 valence electrons. The predicted molar refractivity (Wildman–Crippen MR) is 93.3 cm³/mol. The van der Waals surface area contributed by atoms with Crippen LogP contribution in [0.2, 0.25) is 0 Å². The Morgan fingerprint density at radius 3 is 2.83 bits per heavy atom. The molecule has 0 spiro atoms. The number of rotatable bonds is 5. The normalized spacial score (nSPS) is 18.0. The lowest BCUT2D eigenvalue weighted by atomic mass is 10.0. The van der Waals surface area contributed by atoms with Gasteiger partial charge in [0.25, 0.3) is 5.91 Å². The topological polar surface area (TPSA) is 69.0 Å². The van der Waals surface area contributed by atoms with Crippen LogP contribution < -0.4 is 5.32 Å². The second-order valence-electron chi connectivity index (χ2n) is 7.11. The summed E-state index contributed by atoms with van der Waals surface area (Å²) in [6.45, 7) is 10.5. The molecule has 24 heavy (non-hydrogen) atoms. The Morgan fingerprint density at radius 1 is 1.42 bits per heavy atom. The summed E-state index contributed by atoms with van der Waals surface area (Å²) < 4.78 is 7.25. The molecule has 1 aliphatic heterocycles. The molecule has 1 fully saturated rings. The number of hydrogen-bond acceptors (Lipinski definition) is 4. The Kier molecular flexibility index (Phi) is 4.85. The number of hydrogen-bond donors (Lipinski definition) is 1. The van der Waals surface area contributed by atoms with E-state index in [4.69, 9.17) is 9.72 Å². The summed E-state index contributed by atoms with van der Waals surface area (Å²) in [4.78, 5) is 17.5. The van der Waals surface area contributed by atoms with Crippen molar-refractivity contribution in [2.24, 2.45) is 5.92 Å². The first-order chi connectivity index (χ1) is 11.5. The van der Waals surface area contributed by atoms with E-state index in [1.807, 2.05) is 10.7 Å². The fourth-order valence-electron chi connectivity index (χ4n) is 2.98. The fraction of sp³-hybridized carbons (Fsp3) is 0.611. The van der Waals surface area contributed by atoms with E-state index in [2.05, 4.69) is 38.1 Å². The van der Waals surface area contributed by atoms with E-state index in [0.717, 1.165) is 36.4 Å². The number of ether oxygens (including phenoxy) is 1. The number of nitrogens with zero attached hydrogens (tertiary/aromatic N) is 3. The summed E-state index contributed by atoms with van der Waals surface area (Å²) in [6, 6.07) is 2.10. The van der Waals surface area contributed by atoms with Crippen molar-refractivity contribution in [1.82, 2.24) is 20.1 Å². The second-order valence-corrected chi connectivity index (χ2v) is 7.11. The molecule has 0 bridgehead atoms. The molecule has 1 amide bonds. The van der Waals surface area contributed by atoms with Crippen LogP contribution in [0.3, 0.4) is 0 Å². The highest BCUT2D eigenvalue weighted by atomic mass is 16.5. The first kappa shape index (κ1) is 16.9. The van der Waals surface area contributed by atoms with Crippen molar-refractivity contribution >= 4 is 16.9 Å². The van der Waals surface area contributed by atoms with Crippen molar-refractivity contribution in [2.75, 3.05) is 19.8 Å². The SMILES string of the molecule is CC(C)c1cc(C(=O)NC[C@@H]2CCOC2)c2cnn(C(C)C)c2n1. The maximum atomic E-state index is 12.8. The van der Waals surface area contributed by atoms with Gasteiger partial charge in [0.15, 0.2) is 5.65 Å². The molecular weight excluding hydrogens is 304 g/mol. The largest absolute Gasteiger partial charge is 0.381 e. The molecule has 0 radical (unpaired) electrons. The number of fused-ring (bicyclic) bond motifs is 1. The number of amides is 1. The van der Waals surface area contributed by atoms with Gasteiger partial charge in [-0.25, -0.2) is 9.67 Å². The van der Waals surface area contributed by atoms with Crippen LogP contribution in [0.1, 0.15) is 62.1 Å². The Labute approximate surface area is 142 Å². The molecule has 0 saturated carbocycles. The molecular formula is C18H26N4O2. The van der Waals surface area contributed by atoms with Crippen LogP contribution in [0.25, 0.3) is 11.0 Å². The summed E-state index contributed by atoms with van der Waals surface area (Å²) in [5.74, 6) is 0.605. The third-order valence-electron chi connectivity index (χ3n) is 4.49. The zero-order valence-electron chi connectivity index (χ0n) is 14.9. The number of carbonyl (C=O) groups excluding carboxylic acids is 1. The van der Waals surface area contributed by atoms with E-state index in [1.165, 1.54) is 0 Å². The monoisotopic (exact) mass is 330 g/mol. The smallest absolute Gasteiger partial charge is 0.252 e. The second kappa shape index (κ2) is 6.89. The number of pyridine rings is 1. The van der Waals surface area contributed by atoms with Gasteiger partial charge in [-0.05, 0) is 32.3 Å². The summed E-state index contributed by atoms with van der Waals surface area (Å²) >= 11 is 0. The van der Waals surface area contributed by atoms with Crippen LogP contribution in [0.4, 0.5) is 0 Å². The van der Waals surface area contributed by atoms with Gasteiger partial charge in [-0.1, -0.05) is 13.8 Å². The average Bonchev–Trinajstić information content (AvgIpc) is 3.20. The molecule has 1 saturated heterocycles. The van der Waals surface area contributed by atoms with Crippen molar-refractivity contribution in [2.45, 2.75) is 46.1 Å². The van der Waals surface area contributed by atoms with Crippen molar-refractivity contribution in [3.8, 4) is 0 Å². The van der Waals surface area contributed by atoms with Crippen molar-refractivity contribution in [3.05, 3.63) is 23.5 Å². The number of carbonyl (C=O) groups is 1. The Morgan fingerprint density at radius 2 is 2.21 bits per heavy atom. The van der Waals surface area contributed by atoms with Crippen LogP contribution in [0.15, 0.2) is 12.3 Å². The van der Waals surface area contributed by atoms with Gasteiger partial charge in [0.1, 0.15) is 0 Å². The predicted octanol–water partition coefficient (Wildman–Crippen LogP) is 2.90. The van der Waals surface area contributed by atoms with E-state index < -0.39 is 0 Å². The number of nitrogens with one attached hydrogen (secondary N) is 1. The first-order valence-electron chi connectivity index (χ1n) is 8.71. The lowest BCUT2D eigenvalue weighted by Crippen LogP contribution is -2.29. The summed E-state index contributed by atoms with van der Waals surface area (Å²) in [5.41, 5.74) is 2.36. The maximum Gasteiger partial charge on any atom is 0.252 e. The van der Waals surface area contributed by atoms with Gasteiger partial charge in [-0.15, -0.1) is 0 Å². The van der Waals surface area contributed by atoms with E-state index in [0.29, 0.717) is 18.0 Å². The van der Waals surface area contributed by atoms with Gasteiger partial charge in [-0.2, -0.15) is 5.10 Å². The van der Waals surface area contributed by atoms with E-state index >= 15 is 0 Å². The number of aromatic nitrogens is 3. The first-order valence-corrected chi connectivity index (χ1v) is 8.71. The lowest BCUT2D eigenvalue weighted by molar-refractivity contribution is 0.0946. The molecule has 3 rings (SSSR count). The Bertz CT molecular complexity index is 730. The summed E-state index contributed by atoms with van der Waals surface area (Å²) in [5, 5.41) is 8.30. The molecule has 2 aromatic heterocycles. The van der Waals surface area contributed by atoms with E-state index in [9.17, 15) is 4.79 Å². The third-order valence-corrected chi connectivity index (χ3v) is 4.49. The van der Waals surface area contributed by atoms with Crippen molar-refractivity contribution in [3.63, 3.8) is 0 Å². The van der Waals surface area contributed by atoms with Gasteiger partial charge < -0.3 is 10.1 Å². The molecule has 3 heterocycles. The highest BCUT2D eigenvalue weighted by Crippen LogP contribution is 2.24. The molecule has 1 atom stereocenters. The molecule has 6 nitrogen and oxygen atoms in total. The Balaban J connectivity index is 1.94. The van der Waals surface area contributed by atoms with Gasteiger partial charge in [0.05, 0.1) is 23.8 Å². The maximum absolute atomic E-state index is 12.8. The molecule has 1 N–H and O–H groups in total.